The number of hydrogen-bond donors (Lipinski definition) is 1. The highest BCUT2D eigenvalue weighted by Gasteiger charge is 2.17. The molecule has 2 heterocycles. The summed E-state index contributed by atoms with van der Waals surface area (Å²) in [7, 11) is 3.64. The summed E-state index contributed by atoms with van der Waals surface area (Å²) >= 11 is 0. The lowest BCUT2D eigenvalue weighted by Crippen LogP contribution is -2.11. The molecule has 0 fully saturated rings. The van der Waals surface area contributed by atoms with E-state index < -0.39 is 0 Å². The van der Waals surface area contributed by atoms with Gasteiger partial charge in [-0.3, -0.25) is 4.98 Å². The third-order valence-electron chi connectivity index (χ3n) is 2.35. The minimum Gasteiger partial charge on any atom is -0.382 e. The van der Waals surface area contributed by atoms with Gasteiger partial charge in [-0.1, -0.05) is 0 Å². The molecule has 0 radical (unpaired) electrons. The third kappa shape index (κ3) is 1.78. The predicted molar refractivity (Wildman–Crippen MR) is 64.8 cm³/mol. The second-order valence-corrected chi connectivity index (χ2v) is 3.71. The number of nitriles is 1. The van der Waals surface area contributed by atoms with Gasteiger partial charge in [-0.15, -0.1) is 5.10 Å². The zero-order chi connectivity index (χ0) is 12.4. The van der Waals surface area contributed by atoms with Crippen LogP contribution in [-0.4, -0.2) is 28.9 Å². The predicted octanol–water partition coefficient (Wildman–Crippen LogP) is 0.787. The Kier molecular flexibility index (Phi) is 2.66. The maximum Gasteiger partial charge on any atom is 0.170 e. The van der Waals surface area contributed by atoms with Gasteiger partial charge < -0.3 is 10.6 Å². The highest BCUT2D eigenvalue weighted by Crippen LogP contribution is 2.25. The second kappa shape index (κ2) is 4.14. The van der Waals surface area contributed by atoms with Crippen LogP contribution in [0.3, 0.4) is 0 Å². The Morgan fingerprint density at radius 1 is 1.35 bits per heavy atom. The Bertz CT molecular complexity index is 564. The smallest absolute Gasteiger partial charge is 0.170 e. The van der Waals surface area contributed by atoms with E-state index in [0.29, 0.717) is 17.2 Å². The van der Waals surface area contributed by atoms with E-state index in [1.165, 1.54) is 4.68 Å². The van der Waals surface area contributed by atoms with Crippen molar-refractivity contribution in [3.8, 4) is 11.8 Å². The Morgan fingerprint density at radius 3 is 2.47 bits per heavy atom. The largest absolute Gasteiger partial charge is 0.382 e. The molecule has 0 aliphatic rings. The van der Waals surface area contributed by atoms with Crippen LogP contribution in [-0.2, 0) is 0 Å². The Morgan fingerprint density at radius 2 is 2.00 bits per heavy atom. The number of nitrogens with two attached hydrogens (primary N) is 1. The molecule has 2 aromatic heterocycles. The van der Waals surface area contributed by atoms with Crippen molar-refractivity contribution in [1.82, 2.24) is 14.8 Å². The summed E-state index contributed by atoms with van der Waals surface area (Å²) in [4.78, 5) is 5.68. The van der Waals surface area contributed by atoms with E-state index in [-0.39, 0.29) is 0 Å². The highest BCUT2D eigenvalue weighted by atomic mass is 15.4. The van der Waals surface area contributed by atoms with E-state index in [9.17, 15) is 0 Å². The normalized spacial score (nSPS) is 9.94. The fraction of sp³-hybridized carbons (Fsp3) is 0.182. The van der Waals surface area contributed by atoms with Crippen molar-refractivity contribution < 1.29 is 0 Å². The van der Waals surface area contributed by atoms with Crippen LogP contribution in [0.2, 0.25) is 0 Å². The molecule has 0 atom stereocenters. The molecule has 6 heteroatoms. The summed E-state index contributed by atoms with van der Waals surface area (Å²) < 4.78 is 1.54. The number of rotatable bonds is 2. The summed E-state index contributed by atoms with van der Waals surface area (Å²) in [5, 5.41) is 13.4. The van der Waals surface area contributed by atoms with Crippen LogP contribution in [0.4, 0.5) is 11.6 Å². The van der Waals surface area contributed by atoms with Crippen molar-refractivity contribution in [2.45, 2.75) is 0 Å². The van der Waals surface area contributed by atoms with E-state index in [0.717, 1.165) is 5.69 Å². The van der Waals surface area contributed by atoms with Crippen LogP contribution < -0.4 is 10.6 Å². The maximum absolute atomic E-state index is 9.09. The number of hydrogen-bond acceptors (Lipinski definition) is 5. The molecule has 2 rings (SSSR count). The van der Waals surface area contributed by atoms with Crippen molar-refractivity contribution in [3.63, 3.8) is 0 Å². The molecule has 0 aromatic carbocycles. The molecule has 0 bridgehead atoms. The summed E-state index contributed by atoms with van der Waals surface area (Å²) in [6.07, 6.45) is 3.30. The zero-order valence-corrected chi connectivity index (χ0v) is 9.62. The standard InChI is InChI=1S/C11H12N6/c1-16(2)11-9(7-12)10(13)17(15-11)8-3-5-14-6-4-8/h3-6H,13H2,1-2H3. The molecule has 0 amide bonds. The molecule has 0 saturated carbocycles. The Balaban J connectivity index is 2.62. The van der Waals surface area contributed by atoms with Gasteiger partial charge in [-0.25, -0.2) is 4.68 Å². The number of nitrogens with zero attached hydrogens (tertiary/aromatic N) is 5. The number of anilines is 2. The lowest BCUT2D eigenvalue weighted by atomic mass is 10.3. The average molecular weight is 228 g/mol. The molecule has 0 aliphatic carbocycles. The van der Waals surface area contributed by atoms with E-state index in [4.69, 9.17) is 11.0 Å². The van der Waals surface area contributed by atoms with Gasteiger partial charge in [0.2, 0.25) is 0 Å². The first kappa shape index (κ1) is 11.0. The van der Waals surface area contributed by atoms with Gasteiger partial charge in [0.15, 0.2) is 5.82 Å². The average Bonchev–Trinajstić information content (AvgIpc) is 2.67. The van der Waals surface area contributed by atoms with Crippen molar-refractivity contribution >= 4 is 11.6 Å². The second-order valence-electron chi connectivity index (χ2n) is 3.71. The zero-order valence-electron chi connectivity index (χ0n) is 9.62. The lowest BCUT2D eigenvalue weighted by molar-refractivity contribution is 0.872. The van der Waals surface area contributed by atoms with Gasteiger partial charge in [0.05, 0.1) is 5.69 Å². The Labute approximate surface area is 98.9 Å². The van der Waals surface area contributed by atoms with E-state index in [2.05, 4.69) is 16.2 Å². The minimum absolute atomic E-state index is 0.336. The van der Waals surface area contributed by atoms with E-state index in [1.807, 2.05) is 14.1 Å². The van der Waals surface area contributed by atoms with Crippen molar-refractivity contribution in [3.05, 3.63) is 30.1 Å². The number of pyridine rings is 1. The van der Waals surface area contributed by atoms with Crippen LogP contribution in [0.15, 0.2) is 24.5 Å². The summed E-state index contributed by atoms with van der Waals surface area (Å²) in [5.74, 6) is 0.893. The molecule has 0 spiro atoms. The molecule has 0 aliphatic heterocycles. The van der Waals surface area contributed by atoms with Crippen molar-refractivity contribution in [2.75, 3.05) is 24.7 Å². The first-order valence-corrected chi connectivity index (χ1v) is 5.01. The van der Waals surface area contributed by atoms with Gasteiger partial charge in [-0.05, 0) is 12.1 Å². The van der Waals surface area contributed by atoms with E-state index in [1.54, 1.807) is 29.4 Å². The van der Waals surface area contributed by atoms with Crippen LogP contribution in [0, 0.1) is 11.3 Å². The molecule has 17 heavy (non-hydrogen) atoms. The van der Waals surface area contributed by atoms with Crippen molar-refractivity contribution in [2.24, 2.45) is 0 Å². The number of aromatic nitrogens is 3. The molecule has 0 saturated heterocycles. The fourth-order valence-corrected chi connectivity index (χ4v) is 1.52. The van der Waals surface area contributed by atoms with Gasteiger partial charge in [0, 0.05) is 26.5 Å². The van der Waals surface area contributed by atoms with Gasteiger partial charge in [-0.2, -0.15) is 5.26 Å². The molecule has 0 unspecified atom stereocenters. The fourth-order valence-electron chi connectivity index (χ4n) is 1.52. The number of nitrogen functional groups attached to an aromatic ring is 1. The van der Waals surface area contributed by atoms with Gasteiger partial charge >= 0.3 is 0 Å². The van der Waals surface area contributed by atoms with Gasteiger partial charge in [0.25, 0.3) is 0 Å². The highest BCUT2D eigenvalue weighted by molar-refractivity contribution is 5.66. The van der Waals surface area contributed by atoms with Gasteiger partial charge in [0.1, 0.15) is 17.5 Å². The molecular formula is C11H12N6. The van der Waals surface area contributed by atoms with Crippen LogP contribution >= 0.6 is 0 Å². The van der Waals surface area contributed by atoms with Crippen LogP contribution in [0.1, 0.15) is 5.56 Å². The molecule has 6 nitrogen and oxygen atoms in total. The van der Waals surface area contributed by atoms with Crippen molar-refractivity contribution in [1.29, 1.82) is 5.26 Å². The Hall–Kier alpha value is -2.55. The van der Waals surface area contributed by atoms with Crippen LogP contribution in [0.5, 0.6) is 0 Å². The topological polar surface area (TPSA) is 83.8 Å². The maximum atomic E-state index is 9.09. The molecule has 2 aromatic rings. The van der Waals surface area contributed by atoms with Crippen LogP contribution in [0.25, 0.3) is 5.69 Å². The quantitative estimate of drug-likeness (QED) is 0.821. The first-order valence-electron chi connectivity index (χ1n) is 5.01. The molecular weight excluding hydrogens is 216 g/mol. The van der Waals surface area contributed by atoms with E-state index >= 15 is 0 Å². The summed E-state index contributed by atoms with van der Waals surface area (Å²) in [5.41, 5.74) is 7.08. The minimum atomic E-state index is 0.336. The summed E-state index contributed by atoms with van der Waals surface area (Å²) in [6, 6.07) is 5.63. The monoisotopic (exact) mass is 228 g/mol. The SMILES string of the molecule is CN(C)c1nn(-c2ccncc2)c(N)c1C#N. The lowest BCUT2D eigenvalue weighted by Gasteiger charge is -2.07. The molecule has 86 valence electrons. The first-order chi connectivity index (χ1) is 8.15. The summed E-state index contributed by atoms with van der Waals surface area (Å²) in [6.45, 7) is 0. The third-order valence-corrected chi connectivity index (χ3v) is 2.35. The molecule has 2 N–H and O–H groups in total.